The summed E-state index contributed by atoms with van der Waals surface area (Å²) in [5, 5.41) is 0. The molecular weight excluding hydrogens is 302 g/mol. The smallest absolute Gasteiger partial charge is 0.219 e. The van der Waals surface area contributed by atoms with Crippen molar-refractivity contribution < 1.29 is 9.53 Å². The second-order valence-corrected chi connectivity index (χ2v) is 5.82. The number of hydrogen-bond donors (Lipinski definition) is 0. The number of likely N-dealkylation sites (N-methyl/N-ethyl adjacent to an activating group) is 1. The fourth-order valence-corrected chi connectivity index (χ4v) is 2.44. The number of ketones is 1. The van der Waals surface area contributed by atoms with Crippen molar-refractivity contribution in [3.05, 3.63) is 66.5 Å². The number of ether oxygens (including phenoxy) is 1. The van der Waals surface area contributed by atoms with Crippen LogP contribution in [0.2, 0.25) is 0 Å². The second kappa shape index (κ2) is 7.75. The van der Waals surface area contributed by atoms with E-state index in [1.807, 2.05) is 36.5 Å². The van der Waals surface area contributed by atoms with Gasteiger partial charge in [-0.3, -0.25) is 4.79 Å². The lowest BCUT2D eigenvalue weighted by atomic mass is 10.2. The summed E-state index contributed by atoms with van der Waals surface area (Å²) in [6, 6.07) is 12.9. The number of aromatic nitrogens is 1. The monoisotopic (exact) mass is 323 g/mol. The van der Waals surface area contributed by atoms with Gasteiger partial charge in [-0.15, -0.1) is 0 Å². The number of nitrogens with zero attached hydrogens (tertiary/aromatic N) is 3. The normalized spacial score (nSPS) is 15.6. The van der Waals surface area contributed by atoms with Crippen molar-refractivity contribution in [1.29, 1.82) is 0 Å². The Bertz CT molecular complexity index is 690. The lowest BCUT2D eigenvalue weighted by Gasteiger charge is -2.31. The van der Waals surface area contributed by atoms with Gasteiger partial charge >= 0.3 is 0 Å². The average molecular weight is 323 g/mol. The minimum absolute atomic E-state index is 0.0484. The van der Waals surface area contributed by atoms with Crippen molar-refractivity contribution in [2.45, 2.75) is 0 Å². The maximum atomic E-state index is 12.2. The Morgan fingerprint density at radius 2 is 1.83 bits per heavy atom. The zero-order valence-corrected chi connectivity index (χ0v) is 13.8. The molecular formula is C19H21N3O2. The molecule has 0 amide bonds. The first kappa shape index (κ1) is 16.2. The Morgan fingerprint density at radius 3 is 2.50 bits per heavy atom. The van der Waals surface area contributed by atoms with Crippen molar-refractivity contribution >= 4 is 5.78 Å². The van der Waals surface area contributed by atoms with Gasteiger partial charge in [-0.1, -0.05) is 18.2 Å². The Balaban J connectivity index is 1.57. The molecule has 0 atom stereocenters. The molecule has 0 unspecified atom stereocenters. The lowest BCUT2D eigenvalue weighted by Crippen LogP contribution is -2.41. The van der Waals surface area contributed by atoms with Gasteiger partial charge in [-0.05, 0) is 25.2 Å². The van der Waals surface area contributed by atoms with Gasteiger partial charge in [0, 0.05) is 56.3 Å². The van der Waals surface area contributed by atoms with E-state index in [-0.39, 0.29) is 5.78 Å². The molecule has 0 aliphatic carbocycles. The highest BCUT2D eigenvalue weighted by atomic mass is 16.5. The van der Waals surface area contributed by atoms with Gasteiger partial charge in [0.05, 0.1) is 0 Å². The molecule has 1 aromatic heterocycles. The number of rotatable bonds is 5. The van der Waals surface area contributed by atoms with Crippen LogP contribution in [-0.4, -0.2) is 53.8 Å². The number of para-hydroxylation sites is 1. The predicted molar refractivity (Wildman–Crippen MR) is 93.3 cm³/mol. The topological polar surface area (TPSA) is 45.7 Å². The number of hydrogen-bond acceptors (Lipinski definition) is 5. The fraction of sp³-hybridized carbons (Fsp3) is 0.263. The Kier molecular flexibility index (Phi) is 5.23. The van der Waals surface area contributed by atoms with Gasteiger partial charge in [0.2, 0.25) is 5.88 Å². The van der Waals surface area contributed by atoms with Gasteiger partial charge in [0.15, 0.2) is 5.78 Å². The Hall–Kier alpha value is -2.66. The molecule has 0 bridgehead atoms. The van der Waals surface area contributed by atoms with Crippen LogP contribution in [-0.2, 0) is 0 Å². The summed E-state index contributed by atoms with van der Waals surface area (Å²) in [4.78, 5) is 20.9. The van der Waals surface area contributed by atoms with E-state index < -0.39 is 0 Å². The van der Waals surface area contributed by atoms with Crippen LogP contribution in [0, 0.1) is 0 Å². The van der Waals surface area contributed by atoms with Crippen LogP contribution in [0.4, 0.5) is 0 Å². The molecule has 2 heterocycles. The Labute approximate surface area is 142 Å². The third-order valence-corrected chi connectivity index (χ3v) is 3.96. The molecule has 1 saturated heterocycles. The molecule has 124 valence electrons. The van der Waals surface area contributed by atoms with Crippen molar-refractivity contribution in [2.75, 3.05) is 33.2 Å². The van der Waals surface area contributed by atoms with Crippen LogP contribution >= 0.6 is 0 Å². The maximum Gasteiger partial charge on any atom is 0.219 e. The van der Waals surface area contributed by atoms with Crippen LogP contribution < -0.4 is 4.74 Å². The zero-order valence-electron chi connectivity index (χ0n) is 13.8. The molecule has 1 aromatic carbocycles. The molecule has 1 aliphatic heterocycles. The van der Waals surface area contributed by atoms with E-state index in [1.54, 1.807) is 24.4 Å². The third kappa shape index (κ3) is 4.43. The third-order valence-electron chi connectivity index (χ3n) is 3.96. The maximum absolute atomic E-state index is 12.2. The number of pyridine rings is 1. The van der Waals surface area contributed by atoms with E-state index in [9.17, 15) is 4.79 Å². The summed E-state index contributed by atoms with van der Waals surface area (Å²) in [5.74, 6) is 1.15. The molecule has 3 rings (SSSR count). The fourth-order valence-electron chi connectivity index (χ4n) is 2.44. The molecule has 0 spiro atoms. The van der Waals surface area contributed by atoms with Crippen LogP contribution in [0.25, 0.3) is 0 Å². The highest BCUT2D eigenvalue weighted by Gasteiger charge is 2.11. The van der Waals surface area contributed by atoms with Gasteiger partial charge in [-0.2, -0.15) is 0 Å². The summed E-state index contributed by atoms with van der Waals surface area (Å²) in [6.45, 7) is 3.93. The van der Waals surface area contributed by atoms with Crippen molar-refractivity contribution in [1.82, 2.24) is 14.8 Å². The number of benzene rings is 1. The molecule has 1 aliphatic rings. The van der Waals surface area contributed by atoms with Gasteiger partial charge in [-0.25, -0.2) is 4.98 Å². The summed E-state index contributed by atoms with van der Waals surface area (Å²) in [6.07, 6.45) is 5.04. The van der Waals surface area contributed by atoms with Gasteiger partial charge in [0.25, 0.3) is 0 Å². The minimum Gasteiger partial charge on any atom is -0.439 e. The summed E-state index contributed by atoms with van der Waals surface area (Å²) < 4.78 is 5.62. The highest BCUT2D eigenvalue weighted by molar-refractivity contribution is 6.04. The molecule has 2 aromatic rings. The summed E-state index contributed by atoms with van der Waals surface area (Å²) >= 11 is 0. The standard InChI is InChI=1S/C19H21N3O2/c1-21-11-13-22(14-12-21)10-9-18(23)16-7-8-19(20-15-16)24-17-5-3-2-4-6-17/h2-10,15H,11-14H2,1H3. The SMILES string of the molecule is CN1CCN(C=CC(=O)c2ccc(Oc3ccccc3)nc2)CC1. The molecule has 5 heteroatoms. The van der Waals surface area contributed by atoms with Crippen LogP contribution in [0.3, 0.4) is 0 Å². The van der Waals surface area contributed by atoms with Crippen LogP contribution in [0.1, 0.15) is 10.4 Å². The highest BCUT2D eigenvalue weighted by Crippen LogP contribution is 2.18. The number of piperazine rings is 1. The van der Waals surface area contributed by atoms with E-state index in [0.717, 1.165) is 31.9 Å². The Morgan fingerprint density at radius 1 is 1.08 bits per heavy atom. The molecule has 1 fully saturated rings. The molecule has 0 N–H and O–H groups in total. The van der Waals surface area contributed by atoms with Crippen LogP contribution in [0.5, 0.6) is 11.6 Å². The van der Waals surface area contributed by atoms with E-state index in [2.05, 4.69) is 21.8 Å². The second-order valence-electron chi connectivity index (χ2n) is 5.82. The van der Waals surface area contributed by atoms with E-state index >= 15 is 0 Å². The van der Waals surface area contributed by atoms with Gasteiger partial charge in [0.1, 0.15) is 5.75 Å². The van der Waals surface area contributed by atoms with Crippen molar-refractivity contribution in [2.24, 2.45) is 0 Å². The van der Waals surface area contributed by atoms with Crippen molar-refractivity contribution in [3.63, 3.8) is 0 Å². The first-order chi connectivity index (χ1) is 11.7. The first-order valence-corrected chi connectivity index (χ1v) is 8.05. The van der Waals surface area contributed by atoms with Gasteiger partial charge < -0.3 is 14.5 Å². The number of carbonyl (C=O) groups is 1. The molecule has 0 saturated carbocycles. The summed E-state index contributed by atoms with van der Waals surface area (Å²) in [5.41, 5.74) is 0.556. The lowest BCUT2D eigenvalue weighted by molar-refractivity contribution is 0.104. The minimum atomic E-state index is -0.0484. The number of carbonyl (C=O) groups excluding carboxylic acids is 1. The van der Waals surface area contributed by atoms with E-state index in [1.165, 1.54) is 0 Å². The first-order valence-electron chi connectivity index (χ1n) is 8.05. The summed E-state index contributed by atoms with van der Waals surface area (Å²) in [7, 11) is 2.11. The van der Waals surface area contributed by atoms with Crippen LogP contribution in [0.15, 0.2) is 60.9 Å². The molecule has 24 heavy (non-hydrogen) atoms. The van der Waals surface area contributed by atoms with Crippen molar-refractivity contribution in [3.8, 4) is 11.6 Å². The molecule has 5 nitrogen and oxygen atoms in total. The quantitative estimate of drug-likeness (QED) is 0.625. The average Bonchev–Trinajstić information content (AvgIpc) is 2.62. The number of allylic oxidation sites excluding steroid dienone is 1. The van der Waals surface area contributed by atoms with E-state index in [0.29, 0.717) is 11.4 Å². The zero-order chi connectivity index (χ0) is 16.8. The molecule has 0 radical (unpaired) electrons. The predicted octanol–water partition coefficient (Wildman–Crippen LogP) is 2.82. The van der Waals surface area contributed by atoms with E-state index in [4.69, 9.17) is 4.74 Å². The largest absolute Gasteiger partial charge is 0.439 e.